The highest BCUT2D eigenvalue weighted by Gasteiger charge is 2.32. The number of hydrogen-bond donors (Lipinski definition) is 1. The van der Waals surface area contributed by atoms with Crippen LogP contribution in [0.1, 0.15) is 66.6 Å². The standard InChI is InChI=1S/C21H36NO5PS2/c1-3-16(21(26)22-11-20(25)27-14-28)7-5-4-6-8-17(24)13-30-19-10-9-18(19)29-12-15(2)23/h16,18-19H,3-14,28H2,1-2H3,(H,22,26)/t16-,18?,19?/m0/s1/i14T/t14?,16-,18?,19?. The van der Waals surface area contributed by atoms with E-state index >= 15 is 0 Å². The van der Waals surface area contributed by atoms with Crippen LogP contribution in [0.5, 0.6) is 0 Å². The molecule has 1 aliphatic carbocycles. The number of nitrogens with one attached hydrogen (secondary N) is 1. The van der Waals surface area contributed by atoms with Gasteiger partial charge in [-0.2, -0.15) is 0 Å². The molecule has 0 aromatic carbocycles. The monoisotopic (exact) mass is 479 g/mol. The summed E-state index contributed by atoms with van der Waals surface area (Å²) in [5, 5.41) is 3.58. The van der Waals surface area contributed by atoms with E-state index < -0.39 is 12.3 Å². The lowest BCUT2D eigenvalue weighted by Gasteiger charge is -2.35. The van der Waals surface area contributed by atoms with Crippen LogP contribution in [-0.2, 0) is 23.9 Å². The van der Waals surface area contributed by atoms with E-state index in [1.54, 1.807) is 30.4 Å². The van der Waals surface area contributed by atoms with Crippen molar-refractivity contribution in [3.8, 4) is 0 Å². The molecule has 0 aromatic heterocycles. The average Bonchev–Trinajstić information content (AvgIpc) is 2.67. The SMILES string of the molecule is [3H]C(P)OC(=O)CNC(=O)[C@@H](CC)CCCCCC(=O)CSC1CCC1SCC(C)=O. The maximum absolute atomic E-state index is 12.2. The lowest BCUT2D eigenvalue weighted by molar-refractivity contribution is -0.142. The fraction of sp³-hybridized carbons (Fsp3) is 0.810. The number of esters is 1. The van der Waals surface area contributed by atoms with Gasteiger partial charge in [0.15, 0.2) is 0 Å². The summed E-state index contributed by atoms with van der Waals surface area (Å²) in [6.07, 6.45) is 5.83. The minimum absolute atomic E-state index is 0.162. The third kappa shape index (κ3) is 11.7. The van der Waals surface area contributed by atoms with Gasteiger partial charge in [0.05, 0.1) is 12.9 Å². The minimum Gasteiger partial charge on any atom is -0.460 e. The number of unbranched alkanes of at least 4 members (excludes halogenated alkanes) is 2. The third-order valence-electron chi connectivity index (χ3n) is 5.09. The molecule has 1 aliphatic rings. The number of ether oxygens (including phenoxy) is 1. The Kier molecular flexibility index (Phi) is 13.8. The van der Waals surface area contributed by atoms with Crippen molar-refractivity contribution >= 4 is 56.2 Å². The molecular weight excluding hydrogens is 441 g/mol. The van der Waals surface area contributed by atoms with Crippen molar-refractivity contribution in [2.45, 2.75) is 75.7 Å². The van der Waals surface area contributed by atoms with E-state index in [4.69, 9.17) is 1.37 Å². The maximum Gasteiger partial charge on any atom is 0.325 e. The molecule has 30 heavy (non-hydrogen) atoms. The van der Waals surface area contributed by atoms with E-state index in [0.717, 1.165) is 38.5 Å². The fourth-order valence-corrected chi connectivity index (χ4v) is 6.07. The first kappa shape index (κ1) is 25.7. The molecule has 172 valence electrons. The highest BCUT2D eigenvalue weighted by molar-refractivity contribution is 8.04. The number of Topliss-reactive ketones (excluding diaryl/α,β-unsaturated/α-hetero) is 2. The molecule has 9 heteroatoms. The maximum atomic E-state index is 12.2. The number of rotatable bonds is 17. The second kappa shape index (κ2) is 16.1. The van der Waals surface area contributed by atoms with Gasteiger partial charge in [0, 0.05) is 22.8 Å². The van der Waals surface area contributed by atoms with Crippen LogP contribution in [0.15, 0.2) is 0 Å². The van der Waals surface area contributed by atoms with Crippen LogP contribution in [0.4, 0.5) is 0 Å². The molecular formula is C21H36NO5PS2. The Morgan fingerprint density at radius 1 is 1.13 bits per heavy atom. The van der Waals surface area contributed by atoms with E-state index in [1.165, 1.54) is 0 Å². The fourth-order valence-electron chi connectivity index (χ4n) is 3.15. The van der Waals surface area contributed by atoms with Crippen LogP contribution in [-0.4, -0.2) is 58.3 Å². The van der Waals surface area contributed by atoms with Gasteiger partial charge in [0.1, 0.15) is 24.4 Å². The second-order valence-corrected chi connectivity index (χ2v) is 10.3. The van der Waals surface area contributed by atoms with Gasteiger partial charge < -0.3 is 10.1 Å². The normalized spacial score (nSPS) is 20.4. The minimum atomic E-state index is -1.02. The Hall–Kier alpha value is -0.590. The van der Waals surface area contributed by atoms with E-state index in [9.17, 15) is 19.2 Å². The molecule has 5 atom stereocenters. The van der Waals surface area contributed by atoms with Gasteiger partial charge in [-0.05, 0) is 39.0 Å². The summed E-state index contributed by atoms with van der Waals surface area (Å²) >= 11 is 3.45. The topological polar surface area (TPSA) is 89.5 Å². The first-order valence-electron chi connectivity index (χ1n) is 11.2. The summed E-state index contributed by atoms with van der Waals surface area (Å²) in [5.41, 5.74) is 0. The number of hydrogen-bond acceptors (Lipinski definition) is 7. The molecule has 0 aliphatic heterocycles. The molecule has 0 aromatic rings. The molecule has 1 fully saturated rings. The van der Waals surface area contributed by atoms with E-state index in [-0.39, 0.29) is 29.9 Å². The summed E-state index contributed by atoms with van der Waals surface area (Å²) < 4.78 is 11.8. The zero-order valence-electron chi connectivity index (χ0n) is 19.0. The molecule has 0 radical (unpaired) electrons. The third-order valence-corrected chi connectivity index (χ3v) is 8.44. The van der Waals surface area contributed by atoms with Gasteiger partial charge in [-0.25, -0.2) is 0 Å². The van der Waals surface area contributed by atoms with Crippen LogP contribution in [0.25, 0.3) is 0 Å². The van der Waals surface area contributed by atoms with Crippen LogP contribution in [0, 0.1) is 5.92 Å². The largest absolute Gasteiger partial charge is 0.460 e. The van der Waals surface area contributed by atoms with Gasteiger partial charge >= 0.3 is 5.97 Å². The van der Waals surface area contributed by atoms with Gasteiger partial charge in [-0.15, -0.1) is 23.5 Å². The second-order valence-electron chi connectivity index (χ2n) is 7.57. The number of amides is 1. The van der Waals surface area contributed by atoms with Gasteiger partial charge in [-0.1, -0.05) is 29.0 Å². The molecule has 0 saturated heterocycles. The molecule has 6 nitrogen and oxygen atoms in total. The van der Waals surface area contributed by atoms with Gasteiger partial charge in [0.25, 0.3) is 0 Å². The molecule has 1 N–H and O–H groups in total. The summed E-state index contributed by atoms with van der Waals surface area (Å²) in [5.74, 6) is 0.644. The molecule has 1 amide bonds. The number of carbonyl (C=O) groups is 4. The number of thioether (sulfide) groups is 2. The zero-order chi connectivity index (χ0) is 23.2. The zero-order valence-corrected chi connectivity index (χ0v) is 20.8. The Bertz CT molecular complexity index is 608. The van der Waals surface area contributed by atoms with Gasteiger partial charge in [0.2, 0.25) is 5.91 Å². The average molecular weight is 480 g/mol. The van der Waals surface area contributed by atoms with E-state index in [0.29, 0.717) is 34.8 Å². The van der Waals surface area contributed by atoms with Crippen LogP contribution >= 0.6 is 32.8 Å². The van der Waals surface area contributed by atoms with Crippen molar-refractivity contribution in [3.05, 3.63) is 0 Å². The summed E-state index contributed by atoms with van der Waals surface area (Å²) in [7, 11) is 2.04. The van der Waals surface area contributed by atoms with Crippen molar-refractivity contribution in [2.24, 2.45) is 5.92 Å². The Morgan fingerprint density at radius 2 is 1.80 bits per heavy atom. The quantitative estimate of drug-likeness (QED) is 0.194. The predicted molar refractivity (Wildman–Crippen MR) is 128 cm³/mol. The Labute approximate surface area is 192 Å². The lowest BCUT2D eigenvalue weighted by atomic mass is 9.97. The lowest BCUT2D eigenvalue weighted by Crippen LogP contribution is -2.35. The smallest absolute Gasteiger partial charge is 0.325 e. The van der Waals surface area contributed by atoms with Crippen molar-refractivity contribution < 1.29 is 25.3 Å². The van der Waals surface area contributed by atoms with Crippen LogP contribution in [0.2, 0.25) is 0 Å². The Balaban J connectivity index is 2.11. The van der Waals surface area contributed by atoms with Crippen LogP contribution in [0.3, 0.4) is 0 Å². The highest BCUT2D eigenvalue weighted by atomic mass is 32.2. The molecule has 0 heterocycles. The van der Waals surface area contributed by atoms with Crippen molar-refractivity contribution in [3.63, 3.8) is 0 Å². The molecule has 4 unspecified atom stereocenters. The van der Waals surface area contributed by atoms with Gasteiger partial charge in [-0.3, -0.25) is 19.2 Å². The van der Waals surface area contributed by atoms with Crippen molar-refractivity contribution in [1.82, 2.24) is 5.32 Å². The number of carbonyl (C=O) groups excluding carboxylic acids is 4. The highest BCUT2D eigenvalue weighted by Crippen LogP contribution is 2.40. The van der Waals surface area contributed by atoms with Crippen molar-refractivity contribution in [1.29, 1.82) is 0 Å². The first-order chi connectivity index (χ1) is 14.7. The molecule has 0 bridgehead atoms. The summed E-state index contributed by atoms with van der Waals surface area (Å²) in [6, 6.07) is 0. The van der Waals surface area contributed by atoms with E-state index in [2.05, 4.69) is 10.1 Å². The first-order valence-corrected chi connectivity index (χ1v) is 13.4. The van der Waals surface area contributed by atoms with Crippen molar-refractivity contribution in [2.75, 3.05) is 24.4 Å². The molecule has 0 spiro atoms. The van der Waals surface area contributed by atoms with Crippen LogP contribution < -0.4 is 5.32 Å². The summed E-state index contributed by atoms with van der Waals surface area (Å²) in [4.78, 5) is 46.8. The number of ketones is 2. The predicted octanol–water partition coefficient (Wildman–Crippen LogP) is 3.61. The molecule has 1 rings (SSSR count). The molecule has 1 saturated carbocycles. The van der Waals surface area contributed by atoms with E-state index in [1.807, 2.05) is 16.2 Å². The Morgan fingerprint density at radius 3 is 2.37 bits per heavy atom. The summed E-state index contributed by atoms with van der Waals surface area (Å²) in [6.45, 7) is 3.33.